The van der Waals surface area contributed by atoms with Crippen molar-refractivity contribution in [3.8, 4) is 22.6 Å². The molecule has 0 saturated heterocycles. The van der Waals surface area contributed by atoms with Crippen LogP contribution >= 0.6 is 11.3 Å². The Hall–Kier alpha value is -3.32. The predicted molar refractivity (Wildman–Crippen MR) is 101 cm³/mol. The number of fused-ring (bicyclic) bond motifs is 3. The van der Waals surface area contributed by atoms with Crippen LogP contribution in [-0.4, -0.2) is 9.97 Å². The summed E-state index contributed by atoms with van der Waals surface area (Å²) in [6, 6.07) is 11.6. The number of halogens is 1. The maximum absolute atomic E-state index is 13.4. The lowest BCUT2D eigenvalue weighted by atomic mass is 10.0. The van der Waals surface area contributed by atoms with Crippen LogP contribution in [0.2, 0.25) is 0 Å². The first-order chi connectivity index (χ1) is 13.1. The Morgan fingerprint density at radius 3 is 2.67 bits per heavy atom. The Bertz CT molecular complexity index is 1350. The van der Waals surface area contributed by atoms with Crippen molar-refractivity contribution in [3.05, 3.63) is 70.9 Å². The molecule has 4 aromatic heterocycles. The van der Waals surface area contributed by atoms with E-state index < -0.39 is 5.63 Å². The third-order valence-corrected chi connectivity index (χ3v) is 5.31. The van der Waals surface area contributed by atoms with Crippen molar-refractivity contribution in [2.24, 2.45) is 0 Å². The number of thiophene rings is 1. The lowest BCUT2D eigenvalue weighted by Gasteiger charge is -2.07. The monoisotopic (exact) mass is 378 g/mol. The molecule has 0 aliphatic carbocycles. The first kappa shape index (κ1) is 15.9. The standard InChI is InChI=1S/C20H11FN2O3S/c1-10-22-17-16-13(11-4-6-12(21)7-5-11)9-14(15-3-2-8-25-15)23-19(16)27-18(17)20(24)26-10/h2-9H,1H3. The molecule has 0 amide bonds. The maximum Gasteiger partial charge on any atom is 0.357 e. The van der Waals surface area contributed by atoms with Crippen LogP contribution in [0.5, 0.6) is 0 Å². The number of rotatable bonds is 2. The third-order valence-electron chi connectivity index (χ3n) is 4.26. The number of hydrogen-bond acceptors (Lipinski definition) is 6. The molecule has 0 fully saturated rings. The van der Waals surface area contributed by atoms with Gasteiger partial charge in [-0.2, -0.15) is 0 Å². The summed E-state index contributed by atoms with van der Waals surface area (Å²) in [5.74, 6) is 0.571. The van der Waals surface area contributed by atoms with E-state index >= 15 is 0 Å². The molecule has 0 bridgehead atoms. The molecule has 5 nitrogen and oxygen atoms in total. The van der Waals surface area contributed by atoms with Gasteiger partial charge in [-0.05, 0) is 41.5 Å². The lowest BCUT2D eigenvalue weighted by Crippen LogP contribution is -2.00. The van der Waals surface area contributed by atoms with Gasteiger partial charge in [-0.15, -0.1) is 11.3 Å². The fourth-order valence-corrected chi connectivity index (χ4v) is 4.11. The van der Waals surface area contributed by atoms with Crippen LogP contribution in [0, 0.1) is 12.7 Å². The van der Waals surface area contributed by atoms with Crippen molar-refractivity contribution in [1.29, 1.82) is 0 Å². The molecule has 4 heterocycles. The van der Waals surface area contributed by atoms with Crippen molar-refractivity contribution in [2.75, 3.05) is 0 Å². The smallest absolute Gasteiger partial charge is 0.357 e. The molecule has 0 N–H and O–H groups in total. The Labute approximate surface area is 155 Å². The molecule has 5 aromatic rings. The summed E-state index contributed by atoms with van der Waals surface area (Å²) in [5, 5.41) is 0.743. The molecule has 0 aliphatic rings. The molecule has 0 radical (unpaired) electrons. The second-order valence-electron chi connectivity index (χ2n) is 6.02. The van der Waals surface area contributed by atoms with Crippen molar-refractivity contribution >= 4 is 31.8 Å². The van der Waals surface area contributed by atoms with Crippen LogP contribution in [0.1, 0.15) is 5.89 Å². The van der Waals surface area contributed by atoms with Gasteiger partial charge in [0.2, 0.25) is 0 Å². The van der Waals surface area contributed by atoms with Crippen molar-refractivity contribution < 1.29 is 13.2 Å². The van der Waals surface area contributed by atoms with E-state index in [1.165, 1.54) is 23.5 Å². The highest BCUT2D eigenvalue weighted by Crippen LogP contribution is 2.39. The second-order valence-corrected chi connectivity index (χ2v) is 7.02. The number of aryl methyl sites for hydroxylation is 1. The largest absolute Gasteiger partial charge is 0.463 e. The zero-order chi connectivity index (χ0) is 18.5. The van der Waals surface area contributed by atoms with E-state index in [0.717, 1.165) is 16.5 Å². The topological polar surface area (TPSA) is 69.1 Å². The summed E-state index contributed by atoms with van der Waals surface area (Å²) in [5.41, 5.74) is 2.32. The molecule has 5 rings (SSSR count). The lowest BCUT2D eigenvalue weighted by molar-refractivity contribution is 0.468. The van der Waals surface area contributed by atoms with Crippen LogP contribution in [0.4, 0.5) is 4.39 Å². The first-order valence-corrected chi connectivity index (χ1v) is 8.96. The maximum atomic E-state index is 13.4. The van der Waals surface area contributed by atoms with E-state index in [2.05, 4.69) is 9.97 Å². The van der Waals surface area contributed by atoms with Gasteiger partial charge in [0.15, 0.2) is 11.7 Å². The van der Waals surface area contributed by atoms with Crippen LogP contribution in [0.25, 0.3) is 43.0 Å². The number of furan rings is 1. The minimum absolute atomic E-state index is 0.285. The molecule has 0 aliphatic heterocycles. The highest BCUT2D eigenvalue weighted by atomic mass is 32.1. The SMILES string of the molecule is Cc1nc2c(sc3nc(-c4ccco4)cc(-c4ccc(F)cc4)c32)c(=O)o1. The number of aromatic nitrogens is 2. The molecule has 0 atom stereocenters. The van der Waals surface area contributed by atoms with Gasteiger partial charge in [0.05, 0.1) is 6.26 Å². The van der Waals surface area contributed by atoms with Gasteiger partial charge in [-0.25, -0.2) is 19.2 Å². The Morgan fingerprint density at radius 2 is 1.93 bits per heavy atom. The Balaban J connectivity index is 1.94. The van der Waals surface area contributed by atoms with Crippen LogP contribution < -0.4 is 5.63 Å². The summed E-state index contributed by atoms with van der Waals surface area (Å²) < 4.78 is 24.4. The average Bonchev–Trinajstić information content (AvgIpc) is 3.30. The molecule has 7 heteroatoms. The van der Waals surface area contributed by atoms with Gasteiger partial charge >= 0.3 is 5.63 Å². The molecular formula is C20H11FN2O3S. The first-order valence-electron chi connectivity index (χ1n) is 8.15. The van der Waals surface area contributed by atoms with Gasteiger partial charge in [0, 0.05) is 12.3 Å². The summed E-state index contributed by atoms with van der Waals surface area (Å²) in [6.07, 6.45) is 1.57. The third kappa shape index (κ3) is 2.55. The molecule has 0 saturated carbocycles. The zero-order valence-corrected chi connectivity index (χ0v) is 14.8. The molecule has 27 heavy (non-hydrogen) atoms. The quantitative estimate of drug-likeness (QED) is 0.424. The van der Waals surface area contributed by atoms with E-state index in [1.807, 2.05) is 12.1 Å². The summed E-state index contributed by atoms with van der Waals surface area (Å²) >= 11 is 1.22. The van der Waals surface area contributed by atoms with E-state index in [-0.39, 0.29) is 11.7 Å². The zero-order valence-electron chi connectivity index (χ0n) is 14.0. The number of hydrogen-bond donors (Lipinski definition) is 0. The van der Waals surface area contributed by atoms with Gasteiger partial charge in [0.25, 0.3) is 0 Å². The highest BCUT2D eigenvalue weighted by molar-refractivity contribution is 7.25. The van der Waals surface area contributed by atoms with Gasteiger partial charge in [0.1, 0.15) is 26.6 Å². The molecule has 132 valence electrons. The number of benzene rings is 1. The van der Waals surface area contributed by atoms with Crippen molar-refractivity contribution in [3.63, 3.8) is 0 Å². The summed E-state index contributed by atoms with van der Waals surface area (Å²) in [4.78, 5) is 22.0. The van der Waals surface area contributed by atoms with Crippen LogP contribution in [-0.2, 0) is 0 Å². The van der Waals surface area contributed by atoms with Crippen LogP contribution in [0.3, 0.4) is 0 Å². The van der Waals surface area contributed by atoms with E-state index in [1.54, 1.807) is 31.4 Å². The van der Waals surface area contributed by atoms with Gasteiger partial charge < -0.3 is 8.83 Å². The highest BCUT2D eigenvalue weighted by Gasteiger charge is 2.19. The number of pyridine rings is 1. The van der Waals surface area contributed by atoms with Crippen molar-refractivity contribution in [2.45, 2.75) is 6.92 Å². The Morgan fingerprint density at radius 1 is 1.11 bits per heavy atom. The van der Waals surface area contributed by atoms with Crippen molar-refractivity contribution in [1.82, 2.24) is 9.97 Å². The second kappa shape index (κ2) is 5.85. The predicted octanol–water partition coefficient (Wildman–Crippen LogP) is 5.17. The summed E-state index contributed by atoms with van der Waals surface area (Å²) in [6.45, 7) is 1.63. The van der Waals surface area contributed by atoms with E-state index in [4.69, 9.17) is 8.83 Å². The van der Waals surface area contributed by atoms with E-state index in [9.17, 15) is 9.18 Å². The molecular weight excluding hydrogens is 367 g/mol. The molecule has 0 unspecified atom stereocenters. The normalized spacial score (nSPS) is 11.5. The van der Waals surface area contributed by atoms with E-state index in [0.29, 0.717) is 26.5 Å². The molecule has 1 aromatic carbocycles. The van der Waals surface area contributed by atoms with Gasteiger partial charge in [-0.3, -0.25) is 0 Å². The minimum Gasteiger partial charge on any atom is -0.463 e. The minimum atomic E-state index is -0.440. The number of nitrogens with zero attached hydrogens (tertiary/aromatic N) is 2. The molecule has 0 spiro atoms. The fraction of sp³-hybridized carbons (Fsp3) is 0.0500. The van der Waals surface area contributed by atoms with Crippen LogP contribution in [0.15, 0.2) is 62.4 Å². The average molecular weight is 378 g/mol. The summed E-state index contributed by atoms with van der Waals surface area (Å²) in [7, 11) is 0. The Kier molecular flexibility index (Phi) is 3.45. The van der Waals surface area contributed by atoms with Gasteiger partial charge in [-0.1, -0.05) is 12.1 Å². The fourth-order valence-electron chi connectivity index (χ4n) is 3.10.